The number of hydrogen-bond acceptors (Lipinski definition) is 6. The molecular formula is C25H21N3O4. The SMILES string of the molecule is C=CCN1C(=O)C2(C(C(=O)OCC)=C1c1ccccc1)c1ccccc1-c1oc(N)nc12. The molecule has 32 heavy (non-hydrogen) atoms. The summed E-state index contributed by atoms with van der Waals surface area (Å²) in [5.41, 5.74) is 7.38. The molecule has 1 aliphatic heterocycles. The Hall–Kier alpha value is -4.13. The molecule has 2 N–H and O–H groups in total. The summed E-state index contributed by atoms with van der Waals surface area (Å²) in [7, 11) is 0. The molecule has 1 unspecified atom stereocenters. The van der Waals surface area contributed by atoms with E-state index in [1.165, 1.54) is 0 Å². The highest BCUT2D eigenvalue weighted by molar-refractivity contribution is 6.20. The average Bonchev–Trinajstić information content (AvgIpc) is 3.39. The molecule has 1 aromatic heterocycles. The zero-order valence-electron chi connectivity index (χ0n) is 17.5. The van der Waals surface area contributed by atoms with E-state index in [9.17, 15) is 9.59 Å². The van der Waals surface area contributed by atoms with Crippen LogP contribution in [0.2, 0.25) is 0 Å². The Morgan fingerprint density at radius 1 is 1.22 bits per heavy atom. The lowest BCUT2D eigenvalue weighted by atomic mass is 9.74. The molecule has 0 saturated heterocycles. The fourth-order valence-electron chi connectivity index (χ4n) is 4.75. The molecular weight excluding hydrogens is 406 g/mol. The van der Waals surface area contributed by atoms with Gasteiger partial charge in [0.05, 0.1) is 17.9 Å². The first-order valence-corrected chi connectivity index (χ1v) is 10.3. The number of benzene rings is 2. The Balaban J connectivity index is 1.93. The lowest BCUT2D eigenvalue weighted by Crippen LogP contribution is -2.42. The predicted octanol–water partition coefficient (Wildman–Crippen LogP) is 3.53. The third-order valence-corrected chi connectivity index (χ3v) is 5.86. The first-order valence-electron chi connectivity index (χ1n) is 10.3. The normalized spacial score (nSPS) is 18.8. The van der Waals surface area contributed by atoms with Crippen molar-refractivity contribution < 1.29 is 18.7 Å². The van der Waals surface area contributed by atoms with Crippen LogP contribution in [0.5, 0.6) is 0 Å². The molecule has 2 heterocycles. The van der Waals surface area contributed by atoms with E-state index < -0.39 is 11.4 Å². The maximum absolute atomic E-state index is 14.3. The van der Waals surface area contributed by atoms with Gasteiger partial charge in [0, 0.05) is 12.1 Å². The second-order valence-electron chi connectivity index (χ2n) is 7.54. The van der Waals surface area contributed by atoms with Crippen molar-refractivity contribution in [1.82, 2.24) is 9.88 Å². The number of aromatic nitrogens is 1. The number of oxazole rings is 1. The molecule has 0 bridgehead atoms. The maximum atomic E-state index is 14.3. The van der Waals surface area contributed by atoms with Crippen LogP contribution in [0.3, 0.4) is 0 Å². The Labute approximate surface area is 184 Å². The van der Waals surface area contributed by atoms with Crippen LogP contribution in [0.4, 0.5) is 6.01 Å². The summed E-state index contributed by atoms with van der Waals surface area (Å²) < 4.78 is 11.2. The first-order chi connectivity index (χ1) is 15.6. The summed E-state index contributed by atoms with van der Waals surface area (Å²) in [4.78, 5) is 33.8. The molecule has 0 saturated carbocycles. The van der Waals surface area contributed by atoms with E-state index in [1.54, 1.807) is 17.9 Å². The van der Waals surface area contributed by atoms with Crippen molar-refractivity contribution in [3.63, 3.8) is 0 Å². The van der Waals surface area contributed by atoms with Crippen LogP contribution in [-0.2, 0) is 19.7 Å². The smallest absolute Gasteiger partial charge is 0.338 e. The highest BCUT2D eigenvalue weighted by Gasteiger charge is 2.64. The van der Waals surface area contributed by atoms with Gasteiger partial charge in [-0.25, -0.2) is 4.79 Å². The van der Waals surface area contributed by atoms with Crippen LogP contribution < -0.4 is 5.73 Å². The average molecular weight is 427 g/mol. The Kier molecular flexibility index (Phi) is 4.48. The molecule has 7 heteroatoms. The number of hydrogen-bond donors (Lipinski definition) is 1. The summed E-state index contributed by atoms with van der Waals surface area (Å²) in [6.07, 6.45) is 1.63. The van der Waals surface area contributed by atoms with Crippen LogP contribution >= 0.6 is 0 Å². The van der Waals surface area contributed by atoms with Gasteiger partial charge in [-0.1, -0.05) is 60.7 Å². The van der Waals surface area contributed by atoms with Crippen LogP contribution in [0.1, 0.15) is 23.7 Å². The van der Waals surface area contributed by atoms with E-state index in [0.717, 1.165) is 0 Å². The van der Waals surface area contributed by atoms with Gasteiger partial charge in [0.2, 0.25) is 5.91 Å². The van der Waals surface area contributed by atoms with E-state index in [4.69, 9.17) is 14.9 Å². The summed E-state index contributed by atoms with van der Waals surface area (Å²) in [6, 6.07) is 16.6. The van der Waals surface area contributed by atoms with Gasteiger partial charge >= 0.3 is 5.97 Å². The second-order valence-corrected chi connectivity index (χ2v) is 7.54. The molecule has 160 valence electrons. The number of carbonyl (C=O) groups excluding carboxylic acids is 2. The van der Waals surface area contributed by atoms with Crippen molar-refractivity contribution in [3.05, 3.63) is 89.6 Å². The van der Waals surface area contributed by atoms with Gasteiger partial charge in [0.25, 0.3) is 6.01 Å². The van der Waals surface area contributed by atoms with E-state index in [1.807, 2.05) is 54.6 Å². The zero-order valence-corrected chi connectivity index (χ0v) is 17.5. The summed E-state index contributed by atoms with van der Waals surface area (Å²) in [5.74, 6) is -0.518. The number of rotatable bonds is 5. The number of fused-ring (bicyclic) bond motifs is 5. The number of anilines is 1. The monoisotopic (exact) mass is 427 g/mol. The molecule has 5 rings (SSSR count). The number of nitrogens with zero attached hydrogens (tertiary/aromatic N) is 2. The van der Waals surface area contributed by atoms with Gasteiger partial charge in [-0.3, -0.25) is 4.79 Å². The number of carbonyl (C=O) groups is 2. The number of ether oxygens (including phenoxy) is 1. The van der Waals surface area contributed by atoms with Gasteiger partial charge < -0.3 is 19.8 Å². The lowest BCUT2D eigenvalue weighted by Gasteiger charge is -2.26. The molecule has 0 radical (unpaired) electrons. The summed E-state index contributed by atoms with van der Waals surface area (Å²) >= 11 is 0. The van der Waals surface area contributed by atoms with E-state index in [0.29, 0.717) is 33.8 Å². The third kappa shape index (κ3) is 2.45. The quantitative estimate of drug-likeness (QED) is 0.494. The Morgan fingerprint density at radius 2 is 1.94 bits per heavy atom. The molecule has 1 amide bonds. The fourth-order valence-corrected chi connectivity index (χ4v) is 4.75. The van der Waals surface area contributed by atoms with E-state index >= 15 is 0 Å². The molecule has 0 fully saturated rings. The molecule has 7 nitrogen and oxygen atoms in total. The Morgan fingerprint density at radius 3 is 2.66 bits per heavy atom. The highest BCUT2D eigenvalue weighted by atomic mass is 16.5. The van der Waals surface area contributed by atoms with Crippen LogP contribution in [0, 0.1) is 0 Å². The summed E-state index contributed by atoms with van der Waals surface area (Å²) in [6.45, 7) is 5.91. The van der Waals surface area contributed by atoms with Crippen molar-refractivity contribution in [2.75, 3.05) is 18.9 Å². The molecule has 3 aromatic rings. The van der Waals surface area contributed by atoms with Gasteiger partial charge in [-0.05, 0) is 18.1 Å². The molecule has 2 aliphatic rings. The van der Waals surface area contributed by atoms with Gasteiger partial charge in [-0.15, -0.1) is 6.58 Å². The third-order valence-electron chi connectivity index (χ3n) is 5.86. The van der Waals surface area contributed by atoms with Gasteiger partial charge in [0.1, 0.15) is 5.69 Å². The summed E-state index contributed by atoms with van der Waals surface area (Å²) in [5, 5.41) is 0. The number of esters is 1. The van der Waals surface area contributed by atoms with E-state index in [2.05, 4.69) is 11.6 Å². The van der Waals surface area contributed by atoms with Gasteiger partial charge in [-0.2, -0.15) is 4.98 Å². The minimum Gasteiger partial charge on any atom is -0.463 e. The van der Waals surface area contributed by atoms with E-state index in [-0.39, 0.29) is 30.6 Å². The zero-order chi connectivity index (χ0) is 22.5. The van der Waals surface area contributed by atoms with Crippen molar-refractivity contribution in [3.8, 4) is 11.3 Å². The van der Waals surface area contributed by atoms with Crippen molar-refractivity contribution in [2.24, 2.45) is 0 Å². The van der Waals surface area contributed by atoms with Crippen molar-refractivity contribution in [2.45, 2.75) is 12.3 Å². The Bertz CT molecular complexity index is 1290. The largest absolute Gasteiger partial charge is 0.463 e. The first kappa shape index (κ1) is 19.8. The number of amides is 1. The number of nitrogens with two attached hydrogens (primary N) is 1. The van der Waals surface area contributed by atoms with Crippen LogP contribution in [0.15, 0.2) is 77.2 Å². The number of nitrogen functional groups attached to an aromatic ring is 1. The highest BCUT2D eigenvalue weighted by Crippen LogP contribution is 2.59. The molecule has 1 spiro atoms. The standard InChI is InChI=1S/C25H21N3O4/c1-3-14-28-19(15-10-6-5-7-11-15)18(22(29)31-4-2)25(23(28)30)17-13-9-8-12-16(17)20-21(25)27-24(26)32-20/h3,5-13H,1,4,14H2,2H3,(H2,26,27). The molecule has 1 atom stereocenters. The molecule has 1 aliphatic carbocycles. The van der Waals surface area contributed by atoms with Crippen molar-refractivity contribution in [1.29, 1.82) is 0 Å². The minimum atomic E-state index is -1.52. The van der Waals surface area contributed by atoms with Crippen molar-refractivity contribution >= 4 is 23.6 Å². The predicted molar refractivity (Wildman–Crippen MR) is 119 cm³/mol. The van der Waals surface area contributed by atoms with Crippen LogP contribution in [-0.4, -0.2) is 34.9 Å². The van der Waals surface area contributed by atoms with Gasteiger partial charge in [0.15, 0.2) is 11.2 Å². The maximum Gasteiger partial charge on any atom is 0.338 e. The second kappa shape index (κ2) is 7.23. The molecule has 2 aromatic carbocycles. The topological polar surface area (TPSA) is 98.7 Å². The lowest BCUT2D eigenvalue weighted by molar-refractivity contribution is -0.140. The minimum absolute atomic E-state index is 0.0664. The fraction of sp³-hybridized carbons (Fsp3) is 0.160. The van der Waals surface area contributed by atoms with Crippen LogP contribution in [0.25, 0.3) is 17.0 Å².